The standard InChI is InChI=1S/C52H81NO13/c1-30-17-13-12-14-18-31(2)43(62-9)28-39-22-20-35(6)52(61,66-39)49(58)50(59)53-24-16-15-19-40(53)51(60)65-44(33(4)26-38-21-23-41(54)45(27-38)63-10)29-42(55)32(3)25-34(5)46(56)48(64-11)47(57)37(8)36(30)7/h12-14,17-18,25,30,32-33,35-41,43-46,48,54,56,61H,15-16,19-24,26-29H2,1-11H3/b14-12+,17-13+,31-18+,34-25+/t30-,32-,33-,35-,36?,37-,38+,39+,40+,41-,43+,44+,45-,46-,48-,52-/m1/s1/i9D3,20D2,30D,36D. The summed E-state index contributed by atoms with van der Waals surface area (Å²) in [5.74, 6) is -15.5. The molecular formula is C52H81NO13. The molecule has 0 spiro atoms. The smallest absolute Gasteiger partial charge is 0.329 e. The van der Waals surface area contributed by atoms with Gasteiger partial charge in [-0.3, -0.25) is 19.2 Å². The summed E-state index contributed by atoms with van der Waals surface area (Å²) in [6, 6.07) is -1.35. The number of allylic oxidation sites excluding steroid dienone is 6. The number of cyclic esters (lactones) is 1. The van der Waals surface area contributed by atoms with Gasteiger partial charge >= 0.3 is 5.97 Å². The Bertz CT molecular complexity index is 2090. The van der Waals surface area contributed by atoms with Gasteiger partial charge in [0.15, 0.2) is 5.78 Å². The van der Waals surface area contributed by atoms with Crippen LogP contribution in [0.15, 0.2) is 47.6 Å². The van der Waals surface area contributed by atoms with Crippen LogP contribution in [0.25, 0.3) is 0 Å². The van der Waals surface area contributed by atoms with E-state index in [1.165, 1.54) is 85.3 Å². The Kier molecular flexibility index (Phi) is 17.3. The van der Waals surface area contributed by atoms with Crippen molar-refractivity contribution in [3.05, 3.63) is 47.6 Å². The fraction of sp³-hybridized carbons (Fsp3) is 0.750. The number of amides is 1. The highest BCUT2D eigenvalue weighted by molar-refractivity contribution is 6.39. The Morgan fingerprint density at radius 2 is 1.67 bits per heavy atom. The minimum absolute atomic E-state index is 0.0163. The van der Waals surface area contributed by atoms with Crippen molar-refractivity contribution in [1.82, 2.24) is 4.90 Å². The van der Waals surface area contributed by atoms with Crippen LogP contribution in [0.3, 0.4) is 0 Å². The number of rotatable bonds is 6. The van der Waals surface area contributed by atoms with Gasteiger partial charge in [0.1, 0.15) is 30.1 Å². The van der Waals surface area contributed by atoms with Crippen molar-refractivity contribution >= 4 is 29.2 Å². The number of carbonyl (C=O) groups excluding carboxylic acids is 5. The van der Waals surface area contributed by atoms with Crippen LogP contribution >= 0.6 is 0 Å². The van der Waals surface area contributed by atoms with Gasteiger partial charge in [0, 0.05) is 63.9 Å². The first-order valence-corrected chi connectivity index (χ1v) is 23.6. The second-order valence-corrected chi connectivity index (χ2v) is 19.1. The molecule has 0 aromatic heterocycles. The number of ether oxygens (including phenoxy) is 5. The zero-order chi connectivity index (χ0) is 55.2. The number of fused-ring (bicyclic) bond motifs is 3. The number of piperidine rings is 1. The molecule has 3 aliphatic heterocycles. The zero-order valence-electron chi connectivity index (χ0n) is 47.6. The van der Waals surface area contributed by atoms with Crippen molar-refractivity contribution in [1.29, 1.82) is 0 Å². The Balaban J connectivity index is 1.83. The lowest BCUT2D eigenvalue weighted by Crippen LogP contribution is -2.61. The highest BCUT2D eigenvalue weighted by Crippen LogP contribution is 2.38. The van der Waals surface area contributed by atoms with Crippen molar-refractivity contribution in [2.24, 2.45) is 41.4 Å². The van der Waals surface area contributed by atoms with Crippen LogP contribution in [0.1, 0.15) is 136 Å². The van der Waals surface area contributed by atoms with Gasteiger partial charge in [-0.1, -0.05) is 78.0 Å². The number of ketones is 3. The number of esters is 1. The SMILES string of the molecule is [2H]C([2H])([2H])O[C@H]1C[C@@H]2CC([2H])([2H])[C@@H](C)[C@@](O)(O2)C(=O)C(=O)N2CCCC[C@H]2C(=O)O[C@H]([C@H](C)C[C@@H]2CC[C@@H](O)[C@H](OC)C2)CC(=O)[C@H](C)/C=C(\C)[C@@H](O)[C@@H](OC)C(=O)[C@H](C)C([2H])(C)[C@]([2H])(C)/C=C/C=C/C=C/1C. The first-order valence-electron chi connectivity index (χ1n) is 27.1. The van der Waals surface area contributed by atoms with Gasteiger partial charge in [-0.2, -0.15) is 0 Å². The van der Waals surface area contributed by atoms with E-state index < -0.39 is 139 Å². The number of carbonyl (C=O) groups is 5. The van der Waals surface area contributed by atoms with Crippen molar-refractivity contribution in [3.8, 4) is 0 Å². The molecule has 0 aromatic carbocycles. The molecule has 3 fully saturated rings. The average Bonchev–Trinajstić information content (AvgIpc) is 3.31. The lowest BCUT2D eigenvalue weighted by molar-refractivity contribution is -0.265. The van der Waals surface area contributed by atoms with Gasteiger partial charge in [-0.25, -0.2) is 4.79 Å². The molecule has 0 radical (unpaired) electrons. The highest BCUT2D eigenvalue weighted by Gasteiger charge is 2.53. The number of nitrogens with zero attached hydrogens (tertiary/aromatic N) is 1. The van der Waals surface area contributed by atoms with Gasteiger partial charge in [0.05, 0.1) is 28.5 Å². The van der Waals surface area contributed by atoms with Crippen molar-refractivity contribution < 1.29 is 72.6 Å². The summed E-state index contributed by atoms with van der Waals surface area (Å²) in [6.07, 6.45) is 0.489. The molecule has 66 heavy (non-hydrogen) atoms. The van der Waals surface area contributed by atoms with E-state index in [2.05, 4.69) is 0 Å². The summed E-state index contributed by atoms with van der Waals surface area (Å²) in [5, 5.41) is 34.2. The van der Waals surface area contributed by atoms with E-state index in [0.29, 0.717) is 44.1 Å². The van der Waals surface area contributed by atoms with E-state index in [4.69, 9.17) is 31.9 Å². The van der Waals surface area contributed by atoms with E-state index in [9.17, 15) is 40.7 Å². The minimum atomic E-state index is -3.07. The van der Waals surface area contributed by atoms with Gasteiger partial charge in [0.25, 0.3) is 11.7 Å². The fourth-order valence-corrected chi connectivity index (χ4v) is 9.54. The van der Waals surface area contributed by atoms with Crippen LogP contribution in [0.2, 0.25) is 0 Å². The predicted octanol–water partition coefficient (Wildman–Crippen LogP) is 6.43. The van der Waals surface area contributed by atoms with Crippen LogP contribution in [0.4, 0.5) is 0 Å². The molecule has 372 valence electrons. The summed E-state index contributed by atoms with van der Waals surface area (Å²) in [4.78, 5) is 72.6. The van der Waals surface area contributed by atoms with Crippen molar-refractivity contribution in [3.63, 3.8) is 0 Å². The third kappa shape index (κ3) is 13.9. The van der Waals surface area contributed by atoms with E-state index in [1.807, 2.05) is 6.92 Å². The fourth-order valence-electron chi connectivity index (χ4n) is 9.54. The number of aliphatic hydroxyl groups excluding tert-OH is 2. The molecule has 4 aliphatic rings. The second-order valence-electron chi connectivity index (χ2n) is 19.1. The third-order valence-electron chi connectivity index (χ3n) is 14.4. The van der Waals surface area contributed by atoms with Crippen LogP contribution in [-0.4, -0.2) is 132 Å². The molecule has 4 rings (SSSR count). The molecule has 1 aliphatic carbocycles. The van der Waals surface area contributed by atoms with Crippen LogP contribution in [-0.2, 0) is 47.7 Å². The minimum Gasteiger partial charge on any atom is -0.460 e. The molecule has 2 bridgehead atoms. The van der Waals surface area contributed by atoms with Gasteiger partial charge in [-0.15, -0.1) is 0 Å². The molecular weight excluding hydrogens is 847 g/mol. The molecule has 3 heterocycles. The molecule has 0 aromatic rings. The summed E-state index contributed by atoms with van der Waals surface area (Å²) >= 11 is 0. The maximum atomic E-state index is 14.5. The normalized spacial score (nSPS) is 45.9. The Hall–Kier alpha value is -3.37. The predicted molar refractivity (Wildman–Crippen MR) is 250 cm³/mol. The van der Waals surface area contributed by atoms with Crippen LogP contribution in [0, 0.1) is 41.4 Å². The van der Waals surface area contributed by atoms with Crippen LogP contribution < -0.4 is 0 Å². The molecule has 16 atom stereocenters. The average molecular weight is 935 g/mol. The Morgan fingerprint density at radius 1 is 0.939 bits per heavy atom. The molecule has 14 heteroatoms. The van der Waals surface area contributed by atoms with Gasteiger partial charge in [0.2, 0.25) is 5.79 Å². The molecule has 2 saturated heterocycles. The summed E-state index contributed by atoms with van der Waals surface area (Å²) in [7, 11) is -0.217. The molecule has 1 unspecified atom stereocenters. The van der Waals surface area contributed by atoms with E-state index >= 15 is 0 Å². The third-order valence-corrected chi connectivity index (χ3v) is 14.4. The molecule has 1 saturated carbocycles. The molecule has 14 nitrogen and oxygen atoms in total. The lowest BCUT2D eigenvalue weighted by atomic mass is 9.78. The maximum Gasteiger partial charge on any atom is 0.329 e. The molecule has 3 N–H and O–H groups in total. The summed E-state index contributed by atoms with van der Waals surface area (Å²) in [5.41, 5.74) is 0.518. The first-order chi connectivity index (χ1) is 33.7. The van der Waals surface area contributed by atoms with E-state index in [-0.39, 0.29) is 37.3 Å². The van der Waals surface area contributed by atoms with Gasteiger partial charge in [-0.05, 0) is 106 Å². The maximum absolute atomic E-state index is 14.5. The largest absolute Gasteiger partial charge is 0.460 e. The zero-order valence-corrected chi connectivity index (χ0v) is 40.6. The number of hydrogen-bond donors (Lipinski definition) is 3. The van der Waals surface area contributed by atoms with E-state index in [1.54, 1.807) is 13.8 Å². The first kappa shape index (κ1) is 45.1. The Morgan fingerprint density at radius 3 is 2.35 bits per heavy atom. The topological polar surface area (TPSA) is 195 Å². The van der Waals surface area contributed by atoms with Crippen LogP contribution in [0.5, 0.6) is 0 Å². The van der Waals surface area contributed by atoms with E-state index in [0.717, 1.165) is 4.90 Å². The second kappa shape index (κ2) is 25.3. The number of Topliss-reactive ketones (excluding diaryl/α,β-unsaturated/α-hetero) is 3. The number of methoxy groups -OCH3 is 3. The quantitative estimate of drug-likeness (QED) is 0.150. The number of aliphatic hydroxyl groups is 3. The summed E-state index contributed by atoms with van der Waals surface area (Å²) < 4.78 is 88.6. The molecule has 1 amide bonds. The highest BCUT2D eigenvalue weighted by atomic mass is 16.6. The lowest BCUT2D eigenvalue weighted by Gasteiger charge is -2.42. The Labute approximate surface area is 403 Å². The monoisotopic (exact) mass is 935 g/mol. The summed E-state index contributed by atoms with van der Waals surface area (Å²) in [6.45, 7) is 11.9. The van der Waals surface area contributed by atoms with Crippen molar-refractivity contribution in [2.75, 3.05) is 27.8 Å². The van der Waals surface area contributed by atoms with Gasteiger partial charge < -0.3 is 43.9 Å². The number of hydrogen-bond acceptors (Lipinski definition) is 13. The van der Waals surface area contributed by atoms with Crippen molar-refractivity contribution in [2.45, 2.75) is 181 Å².